The molecule has 2 aromatic rings. The van der Waals surface area contributed by atoms with Crippen LogP contribution in [0.15, 0.2) is 42.6 Å². The molecule has 0 radical (unpaired) electrons. The van der Waals surface area contributed by atoms with Crippen molar-refractivity contribution in [2.24, 2.45) is 7.05 Å². The van der Waals surface area contributed by atoms with Gasteiger partial charge in [-0.05, 0) is 18.6 Å². The van der Waals surface area contributed by atoms with Gasteiger partial charge in [-0.15, -0.1) is 0 Å². The number of rotatable bonds is 2. The zero-order chi connectivity index (χ0) is 11.5. The van der Waals surface area contributed by atoms with E-state index in [9.17, 15) is 0 Å². The minimum absolute atomic E-state index is 0.0766. The lowest BCUT2D eigenvalue weighted by atomic mass is 10.1. The molecule has 0 atom stereocenters. The second kappa shape index (κ2) is 4.62. The van der Waals surface area contributed by atoms with E-state index >= 15 is 0 Å². The molecule has 0 amide bonds. The fourth-order valence-corrected chi connectivity index (χ4v) is 2.70. The highest BCUT2D eigenvalue weighted by molar-refractivity contribution is 6.51. The summed E-state index contributed by atoms with van der Waals surface area (Å²) in [6.45, 7) is 4.50. The van der Waals surface area contributed by atoms with E-state index in [4.69, 9.17) is 0 Å². The molecule has 1 nitrogen and oxygen atoms in total. The Bertz CT molecular complexity index is 506. The Kier molecular flexibility index (Phi) is 3.20. The van der Waals surface area contributed by atoms with Crippen LogP contribution in [0.2, 0.25) is 6.55 Å². The number of aryl methyl sites for hydroxylation is 2. The predicted molar refractivity (Wildman–Crippen MR) is 71.8 cm³/mol. The Morgan fingerprint density at radius 3 is 2.56 bits per heavy atom. The van der Waals surface area contributed by atoms with E-state index in [-0.39, 0.29) is 9.52 Å². The molecule has 0 spiro atoms. The van der Waals surface area contributed by atoms with Gasteiger partial charge >= 0.3 is 0 Å². The number of benzene rings is 1. The summed E-state index contributed by atoms with van der Waals surface area (Å²) in [5.41, 5.74) is 4.01. The molecule has 2 rings (SSSR count). The smallest absolute Gasteiger partial charge is 0.201 e. The molecule has 1 heterocycles. The quantitative estimate of drug-likeness (QED) is 0.539. The average molecular weight is 228 g/mol. The molecule has 1 aromatic carbocycles. The summed E-state index contributed by atoms with van der Waals surface area (Å²) in [5, 5.41) is 1.52. The molecule has 82 valence electrons. The topological polar surface area (TPSA) is 3.88 Å². The molecule has 2 heteroatoms. The summed E-state index contributed by atoms with van der Waals surface area (Å²) in [6, 6.07) is 13.2. The summed E-state index contributed by atoms with van der Waals surface area (Å²) >= 11 is 0. The van der Waals surface area contributed by atoms with Crippen LogP contribution in [0.25, 0.3) is 11.3 Å². The molecular weight excluding hydrogens is 210 g/mol. The minimum Gasteiger partial charge on any atom is -0.201 e. The maximum Gasteiger partial charge on any atom is 0.212 e. The van der Waals surface area contributed by atoms with Crippen molar-refractivity contribution in [2.45, 2.75) is 13.5 Å². The molecule has 0 saturated heterocycles. The van der Waals surface area contributed by atoms with Gasteiger partial charge in [0, 0.05) is 17.7 Å². The first-order chi connectivity index (χ1) is 7.72. The van der Waals surface area contributed by atoms with E-state index in [0.717, 1.165) is 0 Å². The molecule has 0 aliphatic rings. The largest absolute Gasteiger partial charge is 0.212 e. The van der Waals surface area contributed by atoms with E-state index in [2.05, 4.69) is 67.7 Å². The number of pyridine rings is 1. The molecular formula is C14H18NSi+. The highest BCUT2D eigenvalue weighted by Gasteiger charge is 2.11. The van der Waals surface area contributed by atoms with Crippen LogP contribution in [0.5, 0.6) is 0 Å². The Morgan fingerprint density at radius 2 is 1.88 bits per heavy atom. The summed E-state index contributed by atoms with van der Waals surface area (Å²) < 4.78 is 2.20. The van der Waals surface area contributed by atoms with Crippen LogP contribution < -0.4 is 9.75 Å². The summed E-state index contributed by atoms with van der Waals surface area (Å²) in [6.07, 6.45) is 2.17. The Labute approximate surface area is 99.6 Å². The van der Waals surface area contributed by atoms with Gasteiger partial charge in [-0.1, -0.05) is 29.9 Å². The molecule has 0 bridgehead atoms. The van der Waals surface area contributed by atoms with Crippen LogP contribution >= 0.6 is 0 Å². The third kappa shape index (κ3) is 2.07. The van der Waals surface area contributed by atoms with Gasteiger partial charge in [0.2, 0.25) is 5.69 Å². The third-order valence-corrected chi connectivity index (χ3v) is 4.30. The van der Waals surface area contributed by atoms with Crippen molar-refractivity contribution in [1.82, 2.24) is 0 Å². The zero-order valence-electron chi connectivity index (χ0n) is 10.2. The maximum absolute atomic E-state index is 2.34. The first-order valence-corrected chi connectivity index (χ1v) is 7.89. The van der Waals surface area contributed by atoms with Crippen molar-refractivity contribution in [3.8, 4) is 11.3 Å². The van der Waals surface area contributed by atoms with Gasteiger partial charge in [0.25, 0.3) is 0 Å². The second-order valence-electron chi connectivity index (χ2n) is 4.20. The van der Waals surface area contributed by atoms with Crippen LogP contribution in [0.4, 0.5) is 0 Å². The van der Waals surface area contributed by atoms with E-state index in [1.54, 1.807) is 0 Å². The van der Waals surface area contributed by atoms with E-state index in [1.807, 2.05) is 0 Å². The molecule has 0 fully saturated rings. The molecule has 0 aliphatic carbocycles. The minimum atomic E-state index is -0.0766. The van der Waals surface area contributed by atoms with Crippen LogP contribution in [0, 0.1) is 6.92 Å². The molecule has 1 aromatic heterocycles. The molecule has 0 saturated carbocycles. The monoisotopic (exact) mass is 228 g/mol. The van der Waals surface area contributed by atoms with Crippen LogP contribution in [-0.2, 0) is 7.05 Å². The highest BCUT2D eigenvalue weighted by Crippen LogP contribution is 2.18. The first-order valence-electron chi connectivity index (χ1n) is 5.77. The second-order valence-corrected chi connectivity index (χ2v) is 5.72. The van der Waals surface area contributed by atoms with Gasteiger partial charge in [0.05, 0.1) is 9.52 Å². The zero-order valence-corrected chi connectivity index (χ0v) is 11.6. The Morgan fingerprint density at radius 1 is 1.12 bits per heavy atom. The van der Waals surface area contributed by atoms with Crippen LogP contribution in [-0.4, -0.2) is 9.52 Å². The van der Waals surface area contributed by atoms with Crippen LogP contribution in [0.1, 0.15) is 5.56 Å². The van der Waals surface area contributed by atoms with E-state index in [0.29, 0.717) is 0 Å². The number of aromatic nitrogens is 1. The highest BCUT2D eigenvalue weighted by atomic mass is 28.2. The Hall–Kier alpha value is -1.41. The summed E-state index contributed by atoms with van der Waals surface area (Å²) in [4.78, 5) is 0. The van der Waals surface area contributed by atoms with Crippen LogP contribution in [0.3, 0.4) is 0 Å². The Balaban J connectivity index is 2.59. The third-order valence-electron chi connectivity index (χ3n) is 3.04. The van der Waals surface area contributed by atoms with Gasteiger partial charge in [-0.2, -0.15) is 0 Å². The first kappa shape index (κ1) is 11.1. The van der Waals surface area contributed by atoms with Gasteiger partial charge < -0.3 is 0 Å². The predicted octanol–water partition coefficient (Wildman–Crippen LogP) is 1.33. The molecule has 0 aliphatic heterocycles. The van der Waals surface area contributed by atoms with Crippen molar-refractivity contribution >= 4 is 14.7 Å². The fraction of sp³-hybridized carbons (Fsp3) is 0.214. The lowest BCUT2D eigenvalue weighted by Crippen LogP contribution is -2.33. The maximum atomic E-state index is 2.34. The number of nitrogens with zero attached hydrogens (tertiary/aromatic N) is 1. The molecule has 0 unspecified atom stereocenters. The van der Waals surface area contributed by atoms with Crippen molar-refractivity contribution in [3.05, 3.63) is 48.2 Å². The normalized spacial score (nSPS) is 11.2. The van der Waals surface area contributed by atoms with Gasteiger partial charge in [-0.3, -0.25) is 0 Å². The summed E-state index contributed by atoms with van der Waals surface area (Å²) in [7, 11) is 2.04. The van der Waals surface area contributed by atoms with E-state index < -0.39 is 0 Å². The van der Waals surface area contributed by atoms with Gasteiger partial charge in [0.1, 0.15) is 7.05 Å². The van der Waals surface area contributed by atoms with E-state index in [1.165, 1.54) is 22.0 Å². The molecule has 0 N–H and O–H groups in total. The average Bonchev–Trinajstić information content (AvgIpc) is 2.31. The van der Waals surface area contributed by atoms with Gasteiger partial charge in [0.15, 0.2) is 6.20 Å². The van der Waals surface area contributed by atoms with Crippen molar-refractivity contribution in [3.63, 3.8) is 0 Å². The fourth-order valence-electron chi connectivity index (χ4n) is 1.96. The SMILES string of the molecule is C[SiH2]c1cc[n+](C)c(-c2ccccc2C)c1. The van der Waals surface area contributed by atoms with Crippen molar-refractivity contribution < 1.29 is 4.57 Å². The van der Waals surface area contributed by atoms with Crippen molar-refractivity contribution in [1.29, 1.82) is 0 Å². The number of hydrogen-bond acceptors (Lipinski definition) is 0. The lowest BCUT2D eigenvalue weighted by molar-refractivity contribution is -0.660. The summed E-state index contributed by atoms with van der Waals surface area (Å²) in [5.74, 6) is 0. The molecule has 16 heavy (non-hydrogen) atoms. The van der Waals surface area contributed by atoms with Gasteiger partial charge in [-0.25, -0.2) is 4.57 Å². The lowest BCUT2D eigenvalue weighted by Gasteiger charge is -2.05. The standard InChI is InChI=1S/C14H18NSi/c1-11-6-4-5-7-13(11)14-10-12(16-3)8-9-15(14)2/h4-10H,16H2,1-3H3/q+1. The number of hydrogen-bond donors (Lipinski definition) is 0. The van der Waals surface area contributed by atoms with Crippen molar-refractivity contribution in [2.75, 3.05) is 0 Å².